The third-order valence-corrected chi connectivity index (χ3v) is 4.09. The van der Waals surface area contributed by atoms with E-state index in [9.17, 15) is 4.39 Å². The van der Waals surface area contributed by atoms with Crippen LogP contribution < -0.4 is 5.32 Å². The third-order valence-electron chi connectivity index (χ3n) is 4.09. The highest BCUT2D eigenvalue weighted by Crippen LogP contribution is 2.25. The number of benzene rings is 2. The summed E-state index contributed by atoms with van der Waals surface area (Å²) in [6.45, 7) is 2.08. The van der Waals surface area contributed by atoms with Crippen molar-refractivity contribution in [1.29, 1.82) is 0 Å². The smallest absolute Gasteiger partial charge is 0.168 e. The van der Waals surface area contributed by atoms with Gasteiger partial charge >= 0.3 is 0 Å². The Balaban J connectivity index is 1.71. The summed E-state index contributed by atoms with van der Waals surface area (Å²) < 4.78 is 14.8. The van der Waals surface area contributed by atoms with Gasteiger partial charge in [0, 0.05) is 6.04 Å². The highest BCUT2D eigenvalue weighted by Gasteiger charge is 2.13. The van der Waals surface area contributed by atoms with Crippen molar-refractivity contribution in [2.75, 3.05) is 5.32 Å². The van der Waals surface area contributed by atoms with E-state index in [4.69, 9.17) is 0 Å². The molecule has 4 aromatic rings. The molecule has 124 valence electrons. The Morgan fingerprint density at radius 1 is 1.00 bits per heavy atom. The summed E-state index contributed by atoms with van der Waals surface area (Å²) in [6.07, 6.45) is 3.23. The molecule has 1 atom stereocenters. The highest BCUT2D eigenvalue weighted by atomic mass is 19.1. The van der Waals surface area contributed by atoms with Crippen molar-refractivity contribution in [3.05, 3.63) is 78.5 Å². The minimum Gasteiger partial charge on any atom is -0.363 e. The molecule has 0 fully saturated rings. The molecular weight excluding hydrogens is 317 g/mol. The van der Waals surface area contributed by atoms with Crippen molar-refractivity contribution in [3.63, 3.8) is 0 Å². The van der Waals surface area contributed by atoms with Gasteiger partial charge in [0.05, 0.1) is 17.3 Å². The summed E-state index contributed by atoms with van der Waals surface area (Å²) in [4.78, 5) is 8.69. The van der Waals surface area contributed by atoms with Gasteiger partial charge < -0.3 is 5.32 Å². The fourth-order valence-electron chi connectivity index (χ4n) is 2.76. The third kappa shape index (κ3) is 2.94. The van der Waals surface area contributed by atoms with Crippen molar-refractivity contribution >= 4 is 16.9 Å². The molecule has 0 spiro atoms. The number of aromatic nitrogens is 4. The Labute approximate surface area is 144 Å². The molecule has 5 nitrogen and oxygen atoms in total. The van der Waals surface area contributed by atoms with E-state index in [1.54, 1.807) is 23.0 Å². The van der Waals surface area contributed by atoms with Gasteiger partial charge in [0.25, 0.3) is 0 Å². The summed E-state index contributed by atoms with van der Waals surface area (Å²) >= 11 is 0. The molecule has 0 aliphatic rings. The first-order chi connectivity index (χ1) is 12.2. The molecule has 0 amide bonds. The Kier molecular flexibility index (Phi) is 3.85. The van der Waals surface area contributed by atoms with E-state index in [2.05, 4.69) is 39.4 Å². The summed E-state index contributed by atoms with van der Waals surface area (Å²) in [5.41, 5.74) is 2.58. The van der Waals surface area contributed by atoms with Crippen LogP contribution in [-0.2, 0) is 0 Å². The summed E-state index contributed by atoms with van der Waals surface area (Å²) in [6, 6.07) is 16.4. The number of anilines is 1. The molecule has 0 bridgehead atoms. The van der Waals surface area contributed by atoms with Crippen LogP contribution in [0.4, 0.5) is 10.2 Å². The van der Waals surface area contributed by atoms with Crippen LogP contribution in [0.5, 0.6) is 0 Å². The lowest BCUT2D eigenvalue weighted by atomic mass is 10.1. The van der Waals surface area contributed by atoms with E-state index in [-0.39, 0.29) is 11.9 Å². The first-order valence-electron chi connectivity index (χ1n) is 7.98. The van der Waals surface area contributed by atoms with E-state index in [0.29, 0.717) is 5.65 Å². The molecule has 0 aliphatic carbocycles. The minimum absolute atomic E-state index is 0.0912. The number of hydrogen-bond acceptors (Lipinski definition) is 4. The largest absolute Gasteiger partial charge is 0.363 e. The molecule has 2 heterocycles. The zero-order chi connectivity index (χ0) is 17.2. The van der Waals surface area contributed by atoms with Gasteiger partial charge in [-0.15, -0.1) is 0 Å². The van der Waals surface area contributed by atoms with Crippen molar-refractivity contribution in [1.82, 2.24) is 19.7 Å². The quantitative estimate of drug-likeness (QED) is 0.610. The molecule has 1 N–H and O–H groups in total. The Hall–Kier alpha value is -3.28. The lowest BCUT2D eigenvalue weighted by Crippen LogP contribution is -2.08. The van der Waals surface area contributed by atoms with Crippen LogP contribution in [0.2, 0.25) is 0 Å². The second-order valence-corrected chi connectivity index (χ2v) is 5.77. The molecular formula is C19H16FN5. The van der Waals surface area contributed by atoms with Crippen LogP contribution in [0.25, 0.3) is 16.7 Å². The first kappa shape index (κ1) is 15.3. The van der Waals surface area contributed by atoms with E-state index in [0.717, 1.165) is 16.9 Å². The van der Waals surface area contributed by atoms with Gasteiger partial charge in [-0.3, -0.25) is 0 Å². The minimum atomic E-state index is -0.283. The summed E-state index contributed by atoms with van der Waals surface area (Å²) in [5.74, 6) is 0.434. The normalized spacial score (nSPS) is 12.2. The van der Waals surface area contributed by atoms with Crippen molar-refractivity contribution < 1.29 is 4.39 Å². The Morgan fingerprint density at radius 3 is 2.52 bits per heavy atom. The average molecular weight is 333 g/mol. The molecule has 2 aromatic heterocycles. The second-order valence-electron chi connectivity index (χ2n) is 5.77. The van der Waals surface area contributed by atoms with Gasteiger partial charge in [-0.25, -0.2) is 19.0 Å². The maximum absolute atomic E-state index is 13.1. The standard InChI is InChI=1S/C19H16FN5/c1-13(14-5-3-2-4-6-14)24-18-17-11-23-25(19(17)22-12-21-18)16-9-7-15(20)8-10-16/h2-13H,1H3,(H,21,22,24)/t13-/m0/s1. The molecule has 2 aromatic carbocycles. The number of nitrogens with one attached hydrogen (secondary N) is 1. The number of fused-ring (bicyclic) bond motifs is 1. The lowest BCUT2D eigenvalue weighted by Gasteiger charge is -2.15. The van der Waals surface area contributed by atoms with Gasteiger partial charge in [-0.05, 0) is 36.8 Å². The molecule has 0 aliphatic heterocycles. The van der Waals surface area contributed by atoms with Gasteiger partial charge in [0.15, 0.2) is 5.65 Å². The zero-order valence-electron chi connectivity index (χ0n) is 13.6. The predicted molar refractivity (Wildman–Crippen MR) is 95.1 cm³/mol. The predicted octanol–water partition coefficient (Wildman–Crippen LogP) is 4.13. The topological polar surface area (TPSA) is 55.6 Å². The van der Waals surface area contributed by atoms with Crippen molar-refractivity contribution in [2.24, 2.45) is 0 Å². The van der Waals surface area contributed by atoms with Crippen LogP contribution in [0, 0.1) is 5.82 Å². The van der Waals surface area contributed by atoms with Crippen LogP contribution in [-0.4, -0.2) is 19.7 Å². The van der Waals surface area contributed by atoms with E-state index < -0.39 is 0 Å². The van der Waals surface area contributed by atoms with Gasteiger partial charge in [-0.2, -0.15) is 5.10 Å². The van der Waals surface area contributed by atoms with Gasteiger partial charge in [0.1, 0.15) is 18.0 Å². The number of nitrogens with zero attached hydrogens (tertiary/aromatic N) is 4. The highest BCUT2D eigenvalue weighted by molar-refractivity contribution is 5.87. The van der Waals surface area contributed by atoms with E-state index >= 15 is 0 Å². The molecule has 0 saturated carbocycles. The van der Waals surface area contributed by atoms with Crippen molar-refractivity contribution in [2.45, 2.75) is 13.0 Å². The zero-order valence-corrected chi connectivity index (χ0v) is 13.6. The summed E-state index contributed by atoms with van der Waals surface area (Å²) in [7, 11) is 0. The Morgan fingerprint density at radius 2 is 1.76 bits per heavy atom. The monoisotopic (exact) mass is 333 g/mol. The van der Waals surface area contributed by atoms with Crippen LogP contribution in [0.1, 0.15) is 18.5 Å². The SMILES string of the molecule is C[C@H](Nc1ncnc2c1cnn2-c1ccc(F)cc1)c1ccccc1. The van der Waals surface area contributed by atoms with Gasteiger partial charge in [0.2, 0.25) is 0 Å². The summed E-state index contributed by atoms with van der Waals surface area (Å²) in [5, 5.41) is 8.61. The van der Waals surface area contributed by atoms with Crippen LogP contribution in [0.3, 0.4) is 0 Å². The second kappa shape index (κ2) is 6.32. The molecule has 0 radical (unpaired) electrons. The number of halogens is 1. The Bertz CT molecular complexity index is 995. The van der Waals surface area contributed by atoms with E-state index in [1.807, 2.05) is 18.2 Å². The average Bonchev–Trinajstić information content (AvgIpc) is 3.08. The number of hydrogen-bond donors (Lipinski definition) is 1. The van der Waals surface area contributed by atoms with Gasteiger partial charge in [-0.1, -0.05) is 30.3 Å². The first-order valence-corrected chi connectivity index (χ1v) is 7.98. The number of rotatable bonds is 4. The van der Waals surface area contributed by atoms with Crippen LogP contribution in [0.15, 0.2) is 67.1 Å². The maximum Gasteiger partial charge on any atom is 0.168 e. The van der Waals surface area contributed by atoms with Crippen LogP contribution >= 0.6 is 0 Å². The maximum atomic E-state index is 13.1. The molecule has 6 heteroatoms. The molecule has 0 unspecified atom stereocenters. The molecule has 4 rings (SSSR count). The molecule has 0 saturated heterocycles. The fourth-order valence-corrected chi connectivity index (χ4v) is 2.76. The lowest BCUT2D eigenvalue weighted by molar-refractivity contribution is 0.627. The fraction of sp³-hybridized carbons (Fsp3) is 0.105. The van der Waals surface area contributed by atoms with Crippen molar-refractivity contribution in [3.8, 4) is 5.69 Å². The van der Waals surface area contributed by atoms with E-state index in [1.165, 1.54) is 24.0 Å². The molecule has 25 heavy (non-hydrogen) atoms.